The van der Waals surface area contributed by atoms with Gasteiger partial charge in [0.05, 0.1) is 0 Å². The Labute approximate surface area is 84.7 Å². The molecule has 0 fully saturated rings. The summed E-state index contributed by atoms with van der Waals surface area (Å²) in [4.78, 5) is 3.91. The molecule has 0 amide bonds. The molecule has 0 aliphatic carbocycles. The summed E-state index contributed by atoms with van der Waals surface area (Å²) in [5, 5.41) is 3.10. The second-order valence-electron chi connectivity index (χ2n) is 2.70. The minimum Gasteiger partial charge on any atom is -0.355 e. The maximum absolute atomic E-state index is 5.20. The first-order valence-corrected chi connectivity index (χ1v) is 5.90. The summed E-state index contributed by atoms with van der Waals surface area (Å²) in [6.07, 6.45) is 5.85. The lowest BCUT2D eigenvalue weighted by molar-refractivity contribution is 0.689. The molecule has 0 bridgehead atoms. The number of nitrogens with two attached hydrogens (primary N) is 1. The molecule has 0 saturated carbocycles. The molecule has 5 heteroatoms. The minimum atomic E-state index is 0.657. The molecule has 4 nitrogen and oxygen atoms in total. The highest BCUT2D eigenvalue weighted by Crippen LogP contribution is 2.00. The molecule has 0 heterocycles. The SMILES string of the molecule is CN=C(NN)NCCCCCSC. The van der Waals surface area contributed by atoms with Gasteiger partial charge in [-0.25, -0.2) is 5.84 Å². The van der Waals surface area contributed by atoms with Gasteiger partial charge in [0.15, 0.2) is 0 Å². The van der Waals surface area contributed by atoms with Crippen molar-refractivity contribution in [1.82, 2.24) is 10.7 Å². The van der Waals surface area contributed by atoms with Crippen molar-refractivity contribution in [2.75, 3.05) is 25.6 Å². The second-order valence-corrected chi connectivity index (χ2v) is 3.68. The summed E-state index contributed by atoms with van der Waals surface area (Å²) in [6, 6.07) is 0. The normalized spacial score (nSPS) is 11.5. The lowest BCUT2D eigenvalue weighted by atomic mass is 10.2. The molecule has 0 atom stereocenters. The highest BCUT2D eigenvalue weighted by atomic mass is 32.2. The lowest BCUT2D eigenvalue weighted by Crippen LogP contribution is -2.41. The van der Waals surface area contributed by atoms with E-state index in [4.69, 9.17) is 5.84 Å². The molecule has 0 aliphatic rings. The number of thioether (sulfide) groups is 1. The molecular formula is C8H20N4S. The van der Waals surface area contributed by atoms with Gasteiger partial charge in [-0.1, -0.05) is 6.42 Å². The van der Waals surface area contributed by atoms with Crippen LogP contribution in [0.4, 0.5) is 0 Å². The summed E-state index contributed by atoms with van der Waals surface area (Å²) in [6.45, 7) is 0.936. The van der Waals surface area contributed by atoms with E-state index in [0.29, 0.717) is 5.96 Å². The maximum atomic E-state index is 5.20. The number of nitrogens with one attached hydrogen (secondary N) is 2. The summed E-state index contributed by atoms with van der Waals surface area (Å²) in [5.41, 5.74) is 2.49. The first-order valence-electron chi connectivity index (χ1n) is 4.51. The number of guanidine groups is 1. The van der Waals surface area contributed by atoms with Crippen molar-refractivity contribution in [1.29, 1.82) is 0 Å². The van der Waals surface area contributed by atoms with Gasteiger partial charge in [0.25, 0.3) is 0 Å². The van der Waals surface area contributed by atoms with Gasteiger partial charge in [-0.15, -0.1) is 0 Å². The molecule has 0 rings (SSSR count). The Hall–Kier alpha value is -0.420. The Morgan fingerprint density at radius 2 is 2.15 bits per heavy atom. The first kappa shape index (κ1) is 12.6. The fourth-order valence-corrected chi connectivity index (χ4v) is 1.44. The van der Waals surface area contributed by atoms with Crippen LogP contribution in [0.1, 0.15) is 19.3 Å². The molecule has 78 valence electrons. The Bertz CT molecular complexity index is 138. The molecule has 0 aromatic carbocycles. The molecule has 0 spiro atoms. The molecule has 0 saturated heterocycles. The number of aliphatic imine (C=N–C) groups is 1. The van der Waals surface area contributed by atoms with Gasteiger partial charge in [0.2, 0.25) is 5.96 Å². The number of unbranched alkanes of at least 4 members (excludes halogenated alkanes) is 2. The van der Waals surface area contributed by atoms with Crippen molar-refractivity contribution in [2.24, 2.45) is 10.8 Å². The topological polar surface area (TPSA) is 62.4 Å². The van der Waals surface area contributed by atoms with Crippen molar-refractivity contribution >= 4 is 17.7 Å². The van der Waals surface area contributed by atoms with E-state index in [9.17, 15) is 0 Å². The Morgan fingerprint density at radius 3 is 2.69 bits per heavy atom. The molecule has 0 aliphatic heterocycles. The molecule has 0 aromatic rings. The van der Waals surface area contributed by atoms with Crippen LogP contribution in [0.15, 0.2) is 4.99 Å². The lowest BCUT2D eigenvalue weighted by Gasteiger charge is -2.07. The number of nitrogens with zero attached hydrogens (tertiary/aromatic N) is 1. The van der Waals surface area contributed by atoms with E-state index < -0.39 is 0 Å². The number of hydrogen-bond acceptors (Lipinski definition) is 3. The molecule has 0 unspecified atom stereocenters. The molecule has 0 aromatic heterocycles. The molecule has 0 radical (unpaired) electrons. The molecule has 4 N–H and O–H groups in total. The number of rotatable bonds is 6. The van der Waals surface area contributed by atoms with Gasteiger partial charge < -0.3 is 5.32 Å². The van der Waals surface area contributed by atoms with Crippen molar-refractivity contribution in [3.63, 3.8) is 0 Å². The molecule has 13 heavy (non-hydrogen) atoms. The van der Waals surface area contributed by atoms with E-state index in [1.807, 2.05) is 11.8 Å². The average Bonchev–Trinajstić information content (AvgIpc) is 2.17. The summed E-state index contributed by atoms with van der Waals surface area (Å²) >= 11 is 1.90. The van der Waals surface area contributed by atoms with Crippen molar-refractivity contribution in [2.45, 2.75) is 19.3 Å². The van der Waals surface area contributed by atoms with Crippen molar-refractivity contribution < 1.29 is 0 Å². The van der Waals surface area contributed by atoms with Crippen molar-refractivity contribution in [3.8, 4) is 0 Å². The quantitative estimate of drug-likeness (QED) is 0.194. The van der Waals surface area contributed by atoms with Crippen LogP contribution in [0.2, 0.25) is 0 Å². The second kappa shape index (κ2) is 9.67. The summed E-state index contributed by atoms with van der Waals surface area (Å²) in [5.74, 6) is 7.11. The van der Waals surface area contributed by atoms with Gasteiger partial charge in [0, 0.05) is 13.6 Å². The van der Waals surface area contributed by atoms with Gasteiger partial charge in [-0.2, -0.15) is 11.8 Å². The highest BCUT2D eigenvalue weighted by Gasteiger charge is 1.92. The monoisotopic (exact) mass is 204 g/mol. The Kier molecular flexibility index (Phi) is 9.35. The Morgan fingerprint density at radius 1 is 1.38 bits per heavy atom. The van der Waals surface area contributed by atoms with E-state index in [1.165, 1.54) is 25.0 Å². The van der Waals surface area contributed by atoms with Gasteiger partial charge in [-0.05, 0) is 24.9 Å². The van der Waals surface area contributed by atoms with Crippen molar-refractivity contribution in [3.05, 3.63) is 0 Å². The largest absolute Gasteiger partial charge is 0.355 e. The highest BCUT2D eigenvalue weighted by molar-refractivity contribution is 7.98. The Balaban J connectivity index is 3.15. The number of hydrogen-bond donors (Lipinski definition) is 3. The first-order chi connectivity index (χ1) is 6.35. The standard InChI is InChI=1S/C8H20N4S/c1-10-8(12-9)11-6-4-3-5-7-13-2/h3-7,9H2,1-2H3,(H2,10,11,12). The van der Waals surface area contributed by atoms with Crippen LogP contribution in [0.25, 0.3) is 0 Å². The van der Waals surface area contributed by atoms with E-state index in [2.05, 4.69) is 22.0 Å². The van der Waals surface area contributed by atoms with E-state index in [0.717, 1.165) is 6.54 Å². The third-order valence-electron chi connectivity index (χ3n) is 1.68. The summed E-state index contributed by atoms with van der Waals surface area (Å²) < 4.78 is 0. The fraction of sp³-hybridized carbons (Fsp3) is 0.875. The van der Waals surface area contributed by atoms with Gasteiger partial charge in [0.1, 0.15) is 0 Å². The van der Waals surface area contributed by atoms with E-state index >= 15 is 0 Å². The average molecular weight is 204 g/mol. The van der Waals surface area contributed by atoms with E-state index in [1.54, 1.807) is 7.05 Å². The van der Waals surface area contributed by atoms with Gasteiger partial charge >= 0.3 is 0 Å². The van der Waals surface area contributed by atoms with Crippen LogP contribution < -0.4 is 16.6 Å². The van der Waals surface area contributed by atoms with Crippen LogP contribution in [0.3, 0.4) is 0 Å². The molecular weight excluding hydrogens is 184 g/mol. The zero-order chi connectivity index (χ0) is 9.94. The van der Waals surface area contributed by atoms with E-state index in [-0.39, 0.29) is 0 Å². The maximum Gasteiger partial charge on any atom is 0.205 e. The van der Waals surface area contributed by atoms with Crippen LogP contribution in [0.5, 0.6) is 0 Å². The minimum absolute atomic E-state index is 0.657. The van der Waals surface area contributed by atoms with Crippen LogP contribution >= 0.6 is 11.8 Å². The fourth-order valence-electron chi connectivity index (χ4n) is 0.950. The third kappa shape index (κ3) is 7.93. The smallest absolute Gasteiger partial charge is 0.205 e. The third-order valence-corrected chi connectivity index (χ3v) is 2.37. The van der Waals surface area contributed by atoms with Crippen LogP contribution in [0, 0.1) is 0 Å². The predicted octanol–water partition coefficient (Wildman–Crippen LogP) is 0.558. The zero-order valence-electron chi connectivity index (χ0n) is 8.47. The van der Waals surface area contributed by atoms with Crippen LogP contribution in [-0.4, -0.2) is 31.6 Å². The summed E-state index contributed by atoms with van der Waals surface area (Å²) in [7, 11) is 1.70. The zero-order valence-corrected chi connectivity index (χ0v) is 9.28. The van der Waals surface area contributed by atoms with Crippen LogP contribution in [-0.2, 0) is 0 Å². The number of hydrazine groups is 1. The van der Waals surface area contributed by atoms with Gasteiger partial charge in [-0.3, -0.25) is 10.4 Å². The predicted molar refractivity (Wildman–Crippen MR) is 60.9 cm³/mol.